The molecule has 0 aliphatic heterocycles. The highest BCUT2D eigenvalue weighted by atomic mass is 16.6. The maximum Gasteiger partial charge on any atom is 0.344 e. The van der Waals surface area contributed by atoms with Crippen LogP contribution in [0.15, 0.2) is 18.2 Å². The highest BCUT2D eigenvalue weighted by Gasteiger charge is 2.13. The Bertz CT molecular complexity index is 484. The first-order valence-corrected chi connectivity index (χ1v) is 6.32. The summed E-state index contributed by atoms with van der Waals surface area (Å²) in [6.45, 7) is 5.27. The first kappa shape index (κ1) is 15.8. The van der Waals surface area contributed by atoms with Gasteiger partial charge in [0.25, 0.3) is 0 Å². The molecule has 0 saturated heterocycles. The second-order valence-electron chi connectivity index (χ2n) is 4.34. The Morgan fingerprint density at radius 2 is 1.95 bits per heavy atom. The van der Waals surface area contributed by atoms with Gasteiger partial charge in [0.1, 0.15) is 5.75 Å². The normalized spacial score (nSPS) is 10.2. The summed E-state index contributed by atoms with van der Waals surface area (Å²) in [6.07, 6.45) is -0.252. The summed E-state index contributed by atoms with van der Waals surface area (Å²) in [5.74, 6) is -0.773. The highest BCUT2D eigenvalue weighted by Crippen LogP contribution is 2.19. The first-order chi connectivity index (χ1) is 9.42. The van der Waals surface area contributed by atoms with Gasteiger partial charge in [0.05, 0.1) is 18.3 Å². The van der Waals surface area contributed by atoms with E-state index in [1.54, 1.807) is 19.9 Å². The largest absolute Gasteiger partial charge is 0.494 e. The standard InChI is InChI=1S/C14H19NO5/c1-4-18-12-6-10(5-11(15)7-12)14(17)19-8-13(16)20-9(2)3/h5-7,9H,4,8,15H2,1-3H3. The molecule has 0 amide bonds. The Morgan fingerprint density at radius 1 is 1.25 bits per heavy atom. The maximum atomic E-state index is 11.8. The number of hydrogen-bond acceptors (Lipinski definition) is 6. The van der Waals surface area contributed by atoms with Crippen LogP contribution >= 0.6 is 0 Å². The number of rotatable bonds is 6. The Kier molecular flexibility index (Phi) is 5.83. The summed E-state index contributed by atoms with van der Waals surface area (Å²) in [4.78, 5) is 23.1. The monoisotopic (exact) mass is 281 g/mol. The van der Waals surface area contributed by atoms with E-state index >= 15 is 0 Å². The fraction of sp³-hybridized carbons (Fsp3) is 0.429. The van der Waals surface area contributed by atoms with E-state index in [1.807, 2.05) is 6.92 Å². The number of carbonyl (C=O) groups excluding carboxylic acids is 2. The number of nitrogens with two attached hydrogens (primary N) is 1. The molecule has 0 bridgehead atoms. The van der Waals surface area contributed by atoms with Gasteiger partial charge in [-0.25, -0.2) is 9.59 Å². The van der Waals surface area contributed by atoms with Crippen LogP contribution in [0.3, 0.4) is 0 Å². The molecule has 20 heavy (non-hydrogen) atoms. The van der Waals surface area contributed by atoms with Gasteiger partial charge in [-0.2, -0.15) is 0 Å². The lowest BCUT2D eigenvalue weighted by Gasteiger charge is -2.10. The molecule has 0 radical (unpaired) electrons. The summed E-state index contributed by atoms with van der Waals surface area (Å²) >= 11 is 0. The predicted molar refractivity (Wildman–Crippen MR) is 73.5 cm³/mol. The van der Waals surface area contributed by atoms with Gasteiger partial charge in [-0.15, -0.1) is 0 Å². The lowest BCUT2D eigenvalue weighted by Crippen LogP contribution is -2.19. The number of anilines is 1. The van der Waals surface area contributed by atoms with Crippen LogP contribution in [0.5, 0.6) is 5.75 Å². The van der Waals surface area contributed by atoms with Gasteiger partial charge in [0.15, 0.2) is 6.61 Å². The molecule has 6 nitrogen and oxygen atoms in total. The van der Waals surface area contributed by atoms with Crippen LogP contribution in [0, 0.1) is 0 Å². The van der Waals surface area contributed by atoms with Crippen molar-refractivity contribution in [2.45, 2.75) is 26.9 Å². The van der Waals surface area contributed by atoms with Crippen LogP contribution in [-0.4, -0.2) is 31.3 Å². The molecule has 1 rings (SSSR count). The van der Waals surface area contributed by atoms with Gasteiger partial charge in [0.2, 0.25) is 0 Å². The van der Waals surface area contributed by atoms with Crippen LogP contribution in [0.2, 0.25) is 0 Å². The average Bonchev–Trinajstić information content (AvgIpc) is 2.34. The van der Waals surface area contributed by atoms with E-state index in [9.17, 15) is 9.59 Å². The summed E-state index contributed by atoms with van der Waals surface area (Å²) in [5, 5.41) is 0. The van der Waals surface area contributed by atoms with Crippen molar-refractivity contribution >= 4 is 17.6 Å². The fourth-order valence-electron chi connectivity index (χ4n) is 1.49. The minimum atomic E-state index is -0.654. The third-order valence-corrected chi connectivity index (χ3v) is 2.16. The molecule has 0 heterocycles. The molecule has 0 fully saturated rings. The zero-order valence-corrected chi connectivity index (χ0v) is 11.8. The minimum Gasteiger partial charge on any atom is -0.494 e. The number of ether oxygens (including phenoxy) is 3. The molecule has 1 aromatic rings. The Labute approximate surface area is 117 Å². The van der Waals surface area contributed by atoms with Crippen molar-refractivity contribution in [2.75, 3.05) is 18.9 Å². The lowest BCUT2D eigenvalue weighted by atomic mass is 10.2. The van der Waals surface area contributed by atoms with Crippen molar-refractivity contribution in [3.8, 4) is 5.75 Å². The fourth-order valence-corrected chi connectivity index (χ4v) is 1.49. The number of esters is 2. The number of carbonyl (C=O) groups is 2. The summed E-state index contributed by atoms with van der Waals surface area (Å²) in [7, 11) is 0. The van der Waals surface area contributed by atoms with Crippen molar-refractivity contribution in [3.63, 3.8) is 0 Å². The molecule has 110 valence electrons. The number of hydrogen-bond donors (Lipinski definition) is 1. The van der Waals surface area contributed by atoms with Gasteiger partial charge in [-0.3, -0.25) is 0 Å². The maximum absolute atomic E-state index is 11.8. The van der Waals surface area contributed by atoms with Crippen LogP contribution < -0.4 is 10.5 Å². The second-order valence-corrected chi connectivity index (χ2v) is 4.34. The van der Waals surface area contributed by atoms with Crippen LogP contribution in [0.4, 0.5) is 5.69 Å². The average molecular weight is 281 g/mol. The first-order valence-electron chi connectivity index (χ1n) is 6.32. The molecule has 0 aliphatic carbocycles. The van der Waals surface area contributed by atoms with E-state index in [2.05, 4.69) is 0 Å². The van der Waals surface area contributed by atoms with E-state index in [1.165, 1.54) is 12.1 Å². The molecule has 0 aliphatic rings. The third kappa shape index (κ3) is 5.17. The molecule has 1 aromatic carbocycles. The van der Waals surface area contributed by atoms with Crippen molar-refractivity contribution in [1.29, 1.82) is 0 Å². The van der Waals surface area contributed by atoms with Gasteiger partial charge in [-0.05, 0) is 32.9 Å². The number of benzene rings is 1. The number of nitrogen functional groups attached to an aromatic ring is 1. The van der Waals surface area contributed by atoms with E-state index in [-0.39, 0.29) is 11.7 Å². The molecular formula is C14H19NO5. The molecule has 2 N–H and O–H groups in total. The summed E-state index contributed by atoms with van der Waals surface area (Å²) < 4.78 is 15.0. The van der Waals surface area contributed by atoms with Crippen molar-refractivity contribution < 1.29 is 23.8 Å². The Balaban J connectivity index is 2.65. The smallest absolute Gasteiger partial charge is 0.344 e. The van der Waals surface area contributed by atoms with E-state index < -0.39 is 18.5 Å². The van der Waals surface area contributed by atoms with Gasteiger partial charge in [-0.1, -0.05) is 0 Å². The minimum absolute atomic E-state index is 0.228. The van der Waals surface area contributed by atoms with Gasteiger partial charge < -0.3 is 19.9 Å². The zero-order valence-electron chi connectivity index (χ0n) is 11.8. The lowest BCUT2D eigenvalue weighted by molar-refractivity contribution is -0.150. The Hall–Kier alpha value is -2.24. The second kappa shape index (κ2) is 7.37. The van der Waals surface area contributed by atoms with Crippen molar-refractivity contribution in [2.24, 2.45) is 0 Å². The predicted octanol–water partition coefficient (Wildman–Crippen LogP) is 1.78. The third-order valence-electron chi connectivity index (χ3n) is 2.16. The molecule has 0 spiro atoms. The van der Waals surface area contributed by atoms with E-state index in [0.29, 0.717) is 18.0 Å². The molecule has 0 unspecified atom stereocenters. The highest BCUT2D eigenvalue weighted by molar-refractivity contribution is 5.92. The van der Waals surface area contributed by atoms with Crippen molar-refractivity contribution in [1.82, 2.24) is 0 Å². The van der Waals surface area contributed by atoms with E-state index in [0.717, 1.165) is 0 Å². The Morgan fingerprint density at radius 3 is 2.55 bits per heavy atom. The zero-order chi connectivity index (χ0) is 15.1. The summed E-state index contributed by atoms with van der Waals surface area (Å²) in [6, 6.07) is 4.57. The van der Waals surface area contributed by atoms with Gasteiger partial charge in [0, 0.05) is 11.8 Å². The van der Waals surface area contributed by atoms with E-state index in [4.69, 9.17) is 19.9 Å². The topological polar surface area (TPSA) is 87.9 Å². The SMILES string of the molecule is CCOc1cc(N)cc(C(=O)OCC(=O)OC(C)C)c1. The molecule has 0 saturated carbocycles. The van der Waals surface area contributed by atoms with Crippen LogP contribution in [-0.2, 0) is 14.3 Å². The molecule has 6 heteroatoms. The molecular weight excluding hydrogens is 262 g/mol. The van der Waals surface area contributed by atoms with Gasteiger partial charge >= 0.3 is 11.9 Å². The summed E-state index contributed by atoms with van der Waals surface area (Å²) in [5.41, 5.74) is 6.28. The molecule has 0 atom stereocenters. The molecule has 0 aromatic heterocycles. The quantitative estimate of drug-likeness (QED) is 0.631. The van der Waals surface area contributed by atoms with Crippen LogP contribution in [0.1, 0.15) is 31.1 Å². The van der Waals surface area contributed by atoms with Crippen molar-refractivity contribution in [3.05, 3.63) is 23.8 Å². The van der Waals surface area contributed by atoms with Crippen LogP contribution in [0.25, 0.3) is 0 Å².